The van der Waals surface area contributed by atoms with Crippen molar-refractivity contribution in [1.29, 1.82) is 0 Å². The summed E-state index contributed by atoms with van der Waals surface area (Å²) in [5.74, 6) is 1.80. The first-order valence-electron chi connectivity index (χ1n) is 7.66. The molecule has 2 aliphatic carbocycles. The Morgan fingerprint density at radius 3 is 2.67 bits per heavy atom. The standard InChI is InChI=1S/C15H30N2O/c1-12(13-7-8-13)17(9-10-18-3)11-14-5-4-6-15(14)16-2/h12-16H,4-11H2,1-3H3. The highest BCUT2D eigenvalue weighted by atomic mass is 16.5. The molecule has 0 aromatic rings. The smallest absolute Gasteiger partial charge is 0.0589 e. The van der Waals surface area contributed by atoms with E-state index in [0.717, 1.165) is 37.1 Å². The maximum absolute atomic E-state index is 5.28. The molecule has 3 unspecified atom stereocenters. The lowest BCUT2D eigenvalue weighted by Gasteiger charge is -2.33. The highest BCUT2D eigenvalue weighted by Crippen LogP contribution is 2.36. The van der Waals surface area contributed by atoms with Crippen molar-refractivity contribution >= 4 is 0 Å². The van der Waals surface area contributed by atoms with Crippen molar-refractivity contribution in [3.05, 3.63) is 0 Å². The van der Waals surface area contributed by atoms with E-state index in [1.807, 2.05) is 7.11 Å². The van der Waals surface area contributed by atoms with Gasteiger partial charge in [0.15, 0.2) is 0 Å². The fraction of sp³-hybridized carbons (Fsp3) is 1.00. The van der Waals surface area contributed by atoms with Gasteiger partial charge in [-0.1, -0.05) is 6.42 Å². The summed E-state index contributed by atoms with van der Waals surface area (Å²) in [6.45, 7) is 5.64. The monoisotopic (exact) mass is 254 g/mol. The molecule has 106 valence electrons. The van der Waals surface area contributed by atoms with Crippen LogP contribution >= 0.6 is 0 Å². The minimum absolute atomic E-state index is 0.737. The first kappa shape index (κ1) is 14.3. The second-order valence-electron chi connectivity index (χ2n) is 6.15. The molecule has 0 bridgehead atoms. The molecule has 0 aromatic heterocycles. The molecule has 1 N–H and O–H groups in total. The van der Waals surface area contributed by atoms with E-state index in [2.05, 4.69) is 24.2 Å². The number of hydrogen-bond donors (Lipinski definition) is 1. The minimum atomic E-state index is 0.737. The SMILES string of the molecule is CNC1CCCC1CN(CCOC)C(C)C1CC1. The van der Waals surface area contributed by atoms with Gasteiger partial charge < -0.3 is 10.1 Å². The van der Waals surface area contributed by atoms with Gasteiger partial charge in [-0.3, -0.25) is 4.90 Å². The molecular formula is C15H30N2O. The Morgan fingerprint density at radius 1 is 1.28 bits per heavy atom. The first-order valence-corrected chi connectivity index (χ1v) is 7.66. The normalized spacial score (nSPS) is 30.0. The van der Waals surface area contributed by atoms with E-state index >= 15 is 0 Å². The summed E-state index contributed by atoms with van der Waals surface area (Å²) in [6, 6.07) is 1.49. The molecule has 0 saturated heterocycles. The molecule has 2 saturated carbocycles. The number of nitrogens with one attached hydrogen (secondary N) is 1. The van der Waals surface area contributed by atoms with Crippen molar-refractivity contribution < 1.29 is 4.74 Å². The summed E-state index contributed by atoms with van der Waals surface area (Å²) in [5, 5.41) is 3.50. The minimum Gasteiger partial charge on any atom is -0.383 e. The molecule has 3 heteroatoms. The largest absolute Gasteiger partial charge is 0.383 e. The van der Waals surface area contributed by atoms with Gasteiger partial charge >= 0.3 is 0 Å². The first-order chi connectivity index (χ1) is 8.76. The zero-order chi connectivity index (χ0) is 13.0. The number of hydrogen-bond acceptors (Lipinski definition) is 3. The molecule has 18 heavy (non-hydrogen) atoms. The second-order valence-corrected chi connectivity index (χ2v) is 6.15. The number of ether oxygens (including phenoxy) is 1. The molecular weight excluding hydrogens is 224 g/mol. The van der Waals surface area contributed by atoms with Gasteiger partial charge in [-0.15, -0.1) is 0 Å². The van der Waals surface area contributed by atoms with E-state index in [1.54, 1.807) is 0 Å². The fourth-order valence-electron chi connectivity index (χ4n) is 3.48. The van der Waals surface area contributed by atoms with E-state index in [1.165, 1.54) is 38.6 Å². The van der Waals surface area contributed by atoms with Crippen LogP contribution in [0.4, 0.5) is 0 Å². The van der Waals surface area contributed by atoms with Crippen LogP contribution in [0, 0.1) is 11.8 Å². The highest BCUT2D eigenvalue weighted by molar-refractivity contribution is 4.89. The van der Waals surface area contributed by atoms with Crippen LogP contribution in [0.3, 0.4) is 0 Å². The zero-order valence-corrected chi connectivity index (χ0v) is 12.3. The highest BCUT2D eigenvalue weighted by Gasteiger charge is 2.34. The van der Waals surface area contributed by atoms with Crippen LogP contribution in [0.2, 0.25) is 0 Å². The number of methoxy groups -OCH3 is 1. The Morgan fingerprint density at radius 2 is 2.06 bits per heavy atom. The van der Waals surface area contributed by atoms with Crippen LogP contribution in [0.25, 0.3) is 0 Å². The summed E-state index contributed by atoms with van der Waals surface area (Å²) < 4.78 is 5.28. The van der Waals surface area contributed by atoms with Gasteiger partial charge in [-0.25, -0.2) is 0 Å². The molecule has 0 aliphatic heterocycles. The van der Waals surface area contributed by atoms with E-state index in [-0.39, 0.29) is 0 Å². The van der Waals surface area contributed by atoms with Gasteiger partial charge in [-0.2, -0.15) is 0 Å². The summed E-state index contributed by atoms with van der Waals surface area (Å²) in [4.78, 5) is 2.68. The average molecular weight is 254 g/mol. The molecule has 0 heterocycles. The van der Waals surface area contributed by atoms with Gasteiger partial charge in [0.1, 0.15) is 0 Å². The summed E-state index contributed by atoms with van der Waals surface area (Å²) in [6.07, 6.45) is 7.02. The molecule has 3 atom stereocenters. The molecule has 3 nitrogen and oxygen atoms in total. The van der Waals surface area contributed by atoms with Gasteiger partial charge in [0, 0.05) is 32.3 Å². The van der Waals surface area contributed by atoms with Crippen molar-refractivity contribution in [2.24, 2.45) is 11.8 Å². The van der Waals surface area contributed by atoms with Gasteiger partial charge in [-0.05, 0) is 51.5 Å². The van der Waals surface area contributed by atoms with Crippen LogP contribution in [0.15, 0.2) is 0 Å². The Balaban J connectivity index is 1.86. The van der Waals surface area contributed by atoms with Gasteiger partial charge in [0.2, 0.25) is 0 Å². The Bertz CT molecular complexity index is 243. The number of rotatable bonds is 8. The number of nitrogens with zero attached hydrogens (tertiary/aromatic N) is 1. The summed E-state index contributed by atoms with van der Waals surface area (Å²) in [7, 11) is 3.93. The van der Waals surface area contributed by atoms with Crippen LogP contribution in [0.1, 0.15) is 39.0 Å². The quantitative estimate of drug-likeness (QED) is 0.718. The van der Waals surface area contributed by atoms with Gasteiger partial charge in [0.05, 0.1) is 6.61 Å². The molecule has 2 fully saturated rings. The van der Waals surface area contributed by atoms with Crippen LogP contribution in [-0.4, -0.2) is 50.8 Å². The summed E-state index contributed by atoms with van der Waals surface area (Å²) in [5.41, 5.74) is 0. The molecule has 2 rings (SSSR count). The average Bonchev–Trinajstić information content (AvgIpc) is 3.14. The maximum atomic E-state index is 5.28. The van der Waals surface area contributed by atoms with Crippen molar-refractivity contribution in [3.63, 3.8) is 0 Å². The van der Waals surface area contributed by atoms with E-state index in [9.17, 15) is 0 Å². The van der Waals surface area contributed by atoms with E-state index in [0.29, 0.717) is 0 Å². The lowest BCUT2D eigenvalue weighted by Crippen LogP contribution is -2.44. The van der Waals surface area contributed by atoms with E-state index < -0.39 is 0 Å². The Hall–Kier alpha value is -0.120. The third-order valence-electron chi connectivity index (χ3n) is 4.96. The van der Waals surface area contributed by atoms with Crippen molar-refractivity contribution in [1.82, 2.24) is 10.2 Å². The second kappa shape index (κ2) is 6.88. The summed E-state index contributed by atoms with van der Waals surface area (Å²) >= 11 is 0. The molecule has 0 amide bonds. The lowest BCUT2D eigenvalue weighted by molar-refractivity contribution is 0.0996. The molecule has 2 aliphatic rings. The van der Waals surface area contributed by atoms with Crippen LogP contribution in [-0.2, 0) is 4.74 Å². The predicted molar refractivity (Wildman–Crippen MR) is 75.8 cm³/mol. The van der Waals surface area contributed by atoms with Crippen LogP contribution < -0.4 is 5.32 Å². The fourth-order valence-corrected chi connectivity index (χ4v) is 3.48. The van der Waals surface area contributed by atoms with Crippen molar-refractivity contribution in [2.45, 2.75) is 51.1 Å². The van der Waals surface area contributed by atoms with Crippen molar-refractivity contribution in [3.8, 4) is 0 Å². The van der Waals surface area contributed by atoms with Gasteiger partial charge in [0.25, 0.3) is 0 Å². The predicted octanol–water partition coefficient (Wildman–Crippen LogP) is 2.12. The molecule has 0 radical (unpaired) electrons. The third kappa shape index (κ3) is 3.69. The topological polar surface area (TPSA) is 24.5 Å². The third-order valence-corrected chi connectivity index (χ3v) is 4.96. The molecule has 0 spiro atoms. The lowest BCUT2D eigenvalue weighted by atomic mass is 10.0. The Labute approximate surface area is 112 Å². The Kier molecular flexibility index (Phi) is 5.46. The zero-order valence-electron chi connectivity index (χ0n) is 12.3. The van der Waals surface area contributed by atoms with Crippen molar-refractivity contribution in [2.75, 3.05) is 33.9 Å². The molecule has 0 aromatic carbocycles. The van der Waals surface area contributed by atoms with E-state index in [4.69, 9.17) is 4.74 Å². The van der Waals surface area contributed by atoms with Crippen LogP contribution in [0.5, 0.6) is 0 Å². The maximum Gasteiger partial charge on any atom is 0.0589 e.